The van der Waals surface area contributed by atoms with Gasteiger partial charge in [0.25, 0.3) is 0 Å². The van der Waals surface area contributed by atoms with E-state index in [9.17, 15) is 18.0 Å². The third kappa shape index (κ3) is 5.02. The number of nitrogens with one attached hydrogen (secondary N) is 1. The summed E-state index contributed by atoms with van der Waals surface area (Å²) in [5, 5.41) is 3.85. The predicted octanol–water partition coefficient (Wildman–Crippen LogP) is 3.10. The van der Waals surface area contributed by atoms with Gasteiger partial charge in [-0.25, -0.2) is 15.0 Å². The van der Waals surface area contributed by atoms with Crippen molar-refractivity contribution in [2.24, 2.45) is 0 Å². The van der Waals surface area contributed by atoms with Gasteiger partial charge in [-0.05, 0) is 39.1 Å². The number of thioether (sulfide) groups is 1. The largest absolute Gasteiger partial charge is 0.461 e. The van der Waals surface area contributed by atoms with Crippen LogP contribution in [0.3, 0.4) is 0 Å². The molecule has 3 heterocycles. The number of hydrogen-bond acceptors (Lipinski definition) is 8. The summed E-state index contributed by atoms with van der Waals surface area (Å²) in [5.74, 6) is -1.57. The van der Waals surface area contributed by atoms with Crippen molar-refractivity contribution in [3.63, 3.8) is 0 Å². The Morgan fingerprint density at radius 1 is 1.28 bits per heavy atom. The van der Waals surface area contributed by atoms with Gasteiger partial charge in [0.15, 0.2) is 17.5 Å². The Morgan fingerprint density at radius 3 is 2.62 bits per heavy atom. The first-order valence-corrected chi connectivity index (χ1v) is 10.2. The van der Waals surface area contributed by atoms with E-state index in [0.29, 0.717) is 28.4 Å². The fourth-order valence-electron chi connectivity index (χ4n) is 3.26. The SMILES string of the molecule is CSc1nc(C)c(C(C=O)Oc2ccnc(C(F)(F)F)n2)c(C2CCNCC2)n1. The number of alkyl halides is 3. The van der Waals surface area contributed by atoms with Gasteiger partial charge < -0.3 is 10.1 Å². The first-order chi connectivity index (χ1) is 13.8. The lowest BCUT2D eigenvalue weighted by molar-refractivity contribution is -0.145. The standard InChI is InChI=1S/C18H20F3N5O2S/c1-10-14(15(26-17(24-10)29-2)11-3-6-22-7-4-11)12(9-27)28-13-5-8-23-16(25-13)18(19,20)21/h5,8-9,11-12,22H,3-4,6-7H2,1-2H3. The topological polar surface area (TPSA) is 89.9 Å². The lowest BCUT2D eigenvalue weighted by atomic mass is 9.89. The Labute approximate surface area is 169 Å². The lowest BCUT2D eigenvalue weighted by Gasteiger charge is -2.27. The number of aryl methyl sites for hydroxylation is 1. The van der Waals surface area contributed by atoms with Gasteiger partial charge in [0.1, 0.15) is 0 Å². The maximum Gasteiger partial charge on any atom is 0.451 e. The van der Waals surface area contributed by atoms with Crippen molar-refractivity contribution in [2.45, 2.75) is 43.1 Å². The van der Waals surface area contributed by atoms with Crippen molar-refractivity contribution in [2.75, 3.05) is 19.3 Å². The molecule has 1 fully saturated rings. The maximum absolute atomic E-state index is 12.9. The van der Waals surface area contributed by atoms with Crippen LogP contribution in [0.1, 0.15) is 47.6 Å². The average molecular weight is 427 g/mol. The van der Waals surface area contributed by atoms with Crippen LogP contribution in [0.5, 0.6) is 5.88 Å². The van der Waals surface area contributed by atoms with Crippen LogP contribution in [0.15, 0.2) is 17.4 Å². The normalized spacial score (nSPS) is 16.4. The third-order valence-corrected chi connectivity index (χ3v) is 5.14. The molecule has 1 atom stereocenters. The minimum atomic E-state index is -4.71. The van der Waals surface area contributed by atoms with Crippen molar-refractivity contribution in [1.29, 1.82) is 0 Å². The fraction of sp³-hybridized carbons (Fsp3) is 0.500. The molecule has 0 amide bonds. The zero-order valence-electron chi connectivity index (χ0n) is 15.9. The van der Waals surface area contributed by atoms with E-state index in [1.165, 1.54) is 17.8 Å². The zero-order valence-corrected chi connectivity index (χ0v) is 16.7. The van der Waals surface area contributed by atoms with Crippen LogP contribution in [-0.4, -0.2) is 45.6 Å². The van der Waals surface area contributed by atoms with Gasteiger partial charge in [-0.3, -0.25) is 4.79 Å². The van der Waals surface area contributed by atoms with E-state index < -0.39 is 18.1 Å². The molecule has 156 valence electrons. The number of aromatic nitrogens is 4. The maximum atomic E-state index is 12.9. The highest BCUT2D eigenvalue weighted by atomic mass is 32.2. The smallest absolute Gasteiger partial charge is 0.451 e. The zero-order chi connectivity index (χ0) is 21.0. The van der Waals surface area contributed by atoms with Crippen molar-refractivity contribution in [3.8, 4) is 5.88 Å². The van der Waals surface area contributed by atoms with Gasteiger partial charge in [0, 0.05) is 29.4 Å². The minimum absolute atomic E-state index is 0.0982. The molecular weight excluding hydrogens is 407 g/mol. The second kappa shape index (κ2) is 9.04. The molecule has 1 N–H and O–H groups in total. The van der Waals surface area contributed by atoms with Gasteiger partial charge in [-0.1, -0.05) is 11.8 Å². The summed E-state index contributed by atoms with van der Waals surface area (Å²) >= 11 is 1.39. The molecule has 1 aliphatic heterocycles. The molecule has 2 aromatic heterocycles. The molecule has 1 saturated heterocycles. The summed E-state index contributed by atoms with van der Waals surface area (Å²) in [4.78, 5) is 27.5. The predicted molar refractivity (Wildman–Crippen MR) is 99.9 cm³/mol. The van der Waals surface area contributed by atoms with Crippen molar-refractivity contribution in [1.82, 2.24) is 25.3 Å². The van der Waals surface area contributed by atoms with Gasteiger partial charge in [0.2, 0.25) is 11.7 Å². The van der Waals surface area contributed by atoms with E-state index in [0.717, 1.165) is 32.1 Å². The number of carbonyl (C=O) groups is 1. The molecule has 3 rings (SSSR count). The van der Waals surface area contributed by atoms with Crippen LogP contribution >= 0.6 is 11.8 Å². The van der Waals surface area contributed by atoms with Gasteiger partial charge in [0.05, 0.1) is 5.69 Å². The summed E-state index contributed by atoms with van der Waals surface area (Å²) in [6.07, 6.45) is -0.899. The molecule has 0 bridgehead atoms. The second-order valence-electron chi connectivity index (χ2n) is 6.51. The number of nitrogens with zero attached hydrogens (tertiary/aromatic N) is 4. The Balaban J connectivity index is 1.99. The van der Waals surface area contributed by atoms with Crippen LogP contribution in [0, 0.1) is 6.92 Å². The fourth-order valence-corrected chi connectivity index (χ4v) is 3.67. The van der Waals surface area contributed by atoms with Crippen LogP contribution < -0.4 is 10.1 Å². The molecule has 0 saturated carbocycles. The summed E-state index contributed by atoms with van der Waals surface area (Å²) in [5.41, 5.74) is 1.74. The molecule has 11 heteroatoms. The molecule has 7 nitrogen and oxygen atoms in total. The highest BCUT2D eigenvalue weighted by molar-refractivity contribution is 7.98. The Hall–Kier alpha value is -2.27. The van der Waals surface area contributed by atoms with E-state index in [2.05, 4.69) is 25.3 Å². The third-order valence-electron chi connectivity index (χ3n) is 4.59. The Kier molecular flexibility index (Phi) is 6.68. The van der Waals surface area contributed by atoms with Gasteiger partial charge >= 0.3 is 6.18 Å². The van der Waals surface area contributed by atoms with Gasteiger partial charge in [-0.15, -0.1) is 0 Å². The van der Waals surface area contributed by atoms with Crippen molar-refractivity contribution in [3.05, 3.63) is 35.0 Å². The average Bonchev–Trinajstić information content (AvgIpc) is 2.72. The van der Waals surface area contributed by atoms with E-state index in [1.807, 2.05) is 6.26 Å². The van der Waals surface area contributed by atoms with E-state index in [4.69, 9.17) is 4.74 Å². The monoisotopic (exact) mass is 427 g/mol. The van der Waals surface area contributed by atoms with Crippen LogP contribution in [0.2, 0.25) is 0 Å². The molecular formula is C18H20F3N5O2S. The molecule has 2 aromatic rings. The molecule has 1 aliphatic rings. The number of piperidine rings is 1. The first-order valence-electron chi connectivity index (χ1n) is 8.98. The number of ether oxygens (including phenoxy) is 1. The van der Waals surface area contributed by atoms with E-state index >= 15 is 0 Å². The molecule has 0 aromatic carbocycles. The molecule has 0 spiro atoms. The summed E-state index contributed by atoms with van der Waals surface area (Å²) in [6, 6.07) is 1.18. The molecule has 0 aliphatic carbocycles. The number of carbonyl (C=O) groups excluding carboxylic acids is 1. The summed E-state index contributed by atoms with van der Waals surface area (Å²) in [7, 11) is 0. The first kappa shape index (κ1) is 21.4. The van der Waals surface area contributed by atoms with E-state index in [-0.39, 0.29) is 11.8 Å². The van der Waals surface area contributed by atoms with Crippen LogP contribution in [-0.2, 0) is 11.0 Å². The Morgan fingerprint density at radius 2 is 2.00 bits per heavy atom. The number of rotatable bonds is 6. The number of aldehydes is 1. The minimum Gasteiger partial charge on any atom is -0.461 e. The van der Waals surface area contributed by atoms with E-state index in [1.54, 1.807) is 6.92 Å². The lowest BCUT2D eigenvalue weighted by Crippen LogP contribution is -2.29. The quantitative estimate of drug-likeness (QED) is 0.427. The highest BCUT2D eigenvalue weighted by Gasteiger charge is 2.35. The molecule has 29 heavy (non-hydrogen) atoms. The van der Waals surface area contributed by atoms with Gasteiger partial charge in [-0.2, -0.15) is 18.2 Å². The Bertz CT molecular complexity index is 875. The molecule has 1 unspecified atom stereocenters. The summed E-state index contributed by atoms with van der Waals surface area (Å²) in [6.45, 7) is 3.37. The summed E-state index contributed by atoms with van der Waals surface area (Å²) < 4.78 is 44.2. The number of halogens is 3. The number of hydrogen-bond donors (Lipinski definition) is 1. The highest BCUT2D eigenvalue weighted by Crippen LogP contribution is 2.34. The van der Waals surface area contributed by atoms with Crippen molar-refractivity contribution < 1.29 is 22.7 Å². The molecule has 0 radical (unpaired) electrons. The van der Waals surface area contributed by atoms with Crippen LogP contribution in [0.25, 0.3) is 0 Å². The second-order valence-corrected chi connectivity index (χ2v) is 7.28. The van der Waals surface area contributed by atoms with Crippen LogP contribution in [0.4, 0.5) is 13.2 Å². The van der Waals surface area contributed by atoms with Crippen molar-refractivity contribution >= 4 is 18.0 Å².